The Bertz CT molecular complexity index is 358. The van der Waals surface area contributed by atoms with E-state index in [1.165, 1.54) is 0 Å². The van der Waals surface area contributed by atoms with Gasteiger partial charge in [-0.1, -0.05) is 29.3 Å². The van der Waals surface area contributed by atoms with Gasteiger partial charge in [-0.2, -0.15) is 5.26 Å². The van der Waals surface area contributed by atoms with Crippen LogP contribution in [-0.2, 0) is 0 Å². The van der Waals surface area contributed by atoms with Crippen molar-refractivity contribution in [2.45, 2.75) is 5.92 Å². The van der Waals surface area contributed by atoms with Crippen LogP contribution in [0.15, 0.2) is 18.2 Å². The topological polar surface area (TPSA) is 35.8 Å². The standard InChI is InChI=1S/C10H10Cl2N2/c1-14-6-8(5-13)7-2-3-9(11)10(12)4-7/h2-4,8,14H,6H2,1H3. The Labute approximate surface area is 93.4 Å². The number of nitrogens with one attached hydrogen (secondary N) is 1. The van der Waals surface area contributed by atoms with E-state index < -0.39 is 0 Å². The van der Waals surface area contributed by atoms with Crippen molar-refractivity contribution in [1.29, 1.82) is 5.26 Å². The SMILES string of the molecule is CNCC(C#N)c1ccc(Cl)c(Cl)c1. The highest BCUT2D eigenvalue weighted by molar-refractivity contribution is 6.42. The molecule has 0 bridgehead atoms. The first-order valence-electron chi connectivity index (χ1n) is 4.18. The minimum absolute atomic E-state index is 0.185. The average molecular weight is 229 g/mol. The molecule has 2 nitrogen and oxygen atoms in total. The first-order valence-corrected chi connectivity index (χ1v) is 4.93. The van der Waals surface area contributed by atoms with E-state index in [1.54, 1.807) is 12.1 Å². The third-order valence-electron chi connectivity index (χ3n) is 1.91. The second-order valence-electron chi connectivity index (χ2n) is 2.91. The highest BCUT2D eigenvalue weighted by atomic mass is 35.5. The van der Waals surface area contributed by atoms with Crippen molar-refractivity contribution in [3.8, 4) is 6.07 Å². The molecule has 0 saturated heterocycles. The summed E-state index contributed by atoms with van der Waals surface area (Å²) in [7, 11) is 1.81. The third-order valence-corrected chi connectivity index (χ3v) is 2.65. The Kier molecular flexibility index (Phi) is 4.21. The zero-order chi connectivity index (χ0) is 10.6. The first kappa shape index (κ1) is 11.3. The van der Waals surface area contributed by atoms with Gasteiger partial charge in [0.1, 0.15) is 0 Å². The van der Waals surface area contributed by atoms with Gasteiger partial charge >= 0.3 is 0 Å². The molecule has 1 aromatic carbocycles. The number of likely N-dealkylation sites (N-methyl/N-ethyl adjacent to an activating group) is 1. The second kappa shape index (κ2) is 5.21. The smallest absolute Gasteiger partial charge is 0.0837 e. The Morgan fingerprint density at radius 2 is 2.14 bits per heavy atom. The van der Waals surface area contributed by atoms with Gasteiger partial charge < -0.3 is 5.32 Å². The summed E-state index contributed by atoms with van der Waals surface area (Å²) in [5.74, 6) is -0.185. The molecule has 0 amide bonds. The van der Waals surface area contributed by atoms with Crippen molar-refractivity contribution in [1.82, 2.24) is 5.32 Å². The van der Waals surface area contributed by atoms with Crippen molar-refractivity contribution < 1.29 is 0 Å². The van der Waals surface area contributed by atoms with E-state index in [-0.39, 0.29) is 5.92 Å². The van der Waals surface area contributed by atoms with Crippen LogP contribution in [0.1, 0.15) is 11.5 Å². The van der Waals surface area contributed by atoms with Crippen LogP contribution in [0.5, 0.6) is 0 Å². The molecule has 1 atom stereocenters. The molecule has 0 aliphatic carbocycles. The molecular formula is C10H10Cl2N2. The summed E-state index contributed by atoms with van der Waals surface area (Å²) in [6.07, 6.45) is 0. The lowest BCUT2D eigenvalue weighted by atomic mass is 10.0. The van der Waals surface area contributed by atoms with Gasteiger partial charge in [0.15, 0.2) is 0 Å². The Balaban J connectivity index is 2.95. The second-order valence-corrected chi connectivity index (χ2v) is 3.73. The van der Waals surface area contributed by atoms with E-state index >= 15 is 0 Å². The molecule has 1 unspecified atom stereocenters. The molecule has 1 N–H and O–H groups in total. The van der Waals surface area contributed by atoms with E-state index in [9.17, 15) is 0 Å². The maximum atomic E-state index is 8.90. The third kappa shape index (κ3) is 2.62. The van der Waals surface area contributed by atoms with Crippen LogP contribution in [0.2, 0.25) is 10.0 Å². The van der Waals surface area contributed by atoms with E-state index in [0.29, 0.717) is 16.6 Å². The number of rotatable bonds is 3. The molecule has 0 aliphatic heterocycles. The lowest BCUT2D eigenvalue weighted by molar-refractivity contribution is 0.734. The van der Waals surface area contributed by atoms with Crippen LogP contribution >= 0.6 is 23.2 Å². The van der Waals surface area contributed by atoms with E-state index in [4.69, 9.17) is 28.5 Å². The van der Waals surface area contributed by atoms with E-state index in [2.05, 4.69) is 11.4 Å². The summed E-state index contributed by atoms with van der Waals surface area (Å²) in [4.78, 5) is 0. The van der Waals surface area contributed by atoms with Crippen molar-refractivity contribution in [2.75, 3.05) is 13.6 Å². The fourth-order valence-corrected chi connectivity index (χ4v) is 1.48. The highest BCUT2D eigenvalue weighted by Gasteiger charge is 2.10. The van der Waals surface area contributed by atoms with Gasteiger partial charge in [-0.05, 0) is 24.7 Å². The molecule has 4 heteroatoms. The molecule has 0 radical (unpaired) electrons. The molecule has 0 saturated carbocycles. The van der Waals surface area contributed by atoms with Crippen LogP contribution in [0.4, 0.5) is 0 Å². The lowest BCUT2D eigenvalue weighted by Crippen LogP contribution is -2.15. The van der Waals surface area contributed by atoms with Crippen LogP contribution < -0.4 is 5.32 Å². The van der Waals surface area contributed by atoms with E-state index in [0.717, 1.165) is 5.56 Å². The average Bonchev–Trinajstić information content (AvgIpc) is 2.19. The predicted molar refractivity (Wildman–Crippen MR) is 58.7 cm³/mol. The number of hydrogen-bond donors (Lipinski definition) is 1. The Hall–Kier alpha value is -0.750. The van der Waals surface area contributed by atoms with Gasteiger partial charge in [-0.3, -0.25) is 0 Å². The lowest BCUT2D eigenvalue weighted by Gasteiger charge is -2.09. The number of benzene rings is 1. The molecule has 0 heterocycles. The molecular weight excluding hydrogens is 219 g/mol. The van der Waals surface area contributed by atoms with Gasteiger partial charge in [0.05, 0.1) is 22.0 Å². The molecule has 0 aliphatic rings. The maximum Gasteiger partial charge on any atom is 0.0837 e. The molecule has 1 rings (SSSR count). The summed E-state index contributed by atoms with van der Waals surface area (Å²) < 4.78 is 0. The van der Waals surface area contributed by atoms with Crippen molar-refractivity contribution in [2.24, 2.45) is 0 Å². The Morgan fingerprint density at radius 3 is 2.64 bits per heavy atom. The maximum absolute atomic E-state index is 8.90. The molecule has 0 aromatic heterocycles. The zero-order valence-electron chi connectivity index (χ0n) is 7.72. The monoisotopic (exact) mass is 228 g/mol. The van der Waals surface area contributed by atoms with Crippen LogP contribution in [0, 0.1) is 11.3 Å². The number of nitrogens with zero attached hydrogens (tertiary/aromatic N) is 1. The summed E-state index contributed by atoms with van der Waals surface area (Å²) >= 11 is 11.6. The van der Waals surface area contributed by atoms with Gasteiger partial charge in [0.2, 0.25) is 0 Å². The van der Waals surface area contributed by atoms with Gasteiger partial charge in [0.25, 0.3) is 0 Å². The predicted octanol–water partition coefficient (Wildman–Crippen LogP) is 2.82. The van der Waals surface area contributed by atoms with Gasteiger partial charge in [-0.15, -0.1) is 0 Å². The quantitative estimate of drug-likeness (QED) is 0.864. The van der Waals surface area contributed by atoms with Gasteiger partial charge in [-0.25, -0.2) is 0 Å². The minimum atomic E-state index is -0.185. The zero-order valence-corrected chi connectivity index (χ0v) is 9.23. The largest absolute Gasteiger partial charge is 0.318 e. The van der Waals surface area contributed by atoms with Crippen LogP contribution in [0.3, 0.4) is 0 Å². The van der Waals surface area contributed by atoms with Crippen LogP contribution in [0.25, 0.3) is 0 Å². The van der Waals surface area contributed by atoms with Crippen LogP contribution in [-0.4, -0.2) is 13.6 Å². The summed E-state index contributed by atoms with van der Waals surface area (Å²) in [6, 6.07) is 7.46. The normalized spacial score (nSPS) is 12.1. The molecule has 1 aromatic rings. The van der Waals surface area contributed by atoms with E-state index in [1.807, 2.05) is 13.1 Å². The van der Waals surface area contributed by atoms with Crippen molar-refractivity contribution >= 4 is 23.2 Å². The molecule has 14 heavy (non-hydrogen) atoms. The summed E-state index contributed by atoms with van der Waals surface area (Å²) in [6.45, 7) is 0.606. The van der Waals surface area contributed by atoms with Crippen molar-refractivity contribution in [3.63, 3.8) is 0 Å². The first-order chi connectivity index (χ1) is 6.69. The number of nitriles is 1. The minimum Gasteiger partial charge on any atom is -0.318 e. The molecule has 74 valence electrons. The summed E-state index contributed by atoms with van der Waals surface area (Å²) in [5, 5.41) is 12.9. The number of hydrogen-bond acceptors (Lipinski definition) is 2. The molecule has 0 fully saturated rings. The number of halogens is 2. The fraction of sp³-hybridized carbons (Fsp3) is 0.300. The summed E-state index contributed by atoms with van der Waals surface area (Å²) in [5.41, 5.74) is 0.885. The van der Waals surface area contributed by atoms with Gasteiger partial charge in [0, 0.05) is 6.54 Å². The molecule has 0 spiro atoms. The van der Waals surface area contributed by atoms with Crippen molar-refractivity contribution in [3.05, 3.63) is 33.8 Å². The fourth-order valence-electron chi connectivity index (χ4n) is 1.17. The Morgan fingerprint density at radius 1 is 1.43 bits per heavy atom. The highest BCUT2D eigenvalue weighted by Crippen LogP contribution is 2.25.